The highest BCUT2D eigenvalue weighted by Crippen LogP contribution is 2.13. The maximum atomic E-state index is 9.41. The van der Waals surface area contributed by atoms with Crippen molar-refractivity contribution in [2.45, 2.75) is 24.4 Å². The summed E-state index contributed by atoms with van der Waals surface area (Å²) in [5.41, 5.74) is 0. The average molecular weight is 221 g/mol. The number of ether oxygens (including phenoxy) is 1. The lowest BCUT2D eigenvalue weighted by molar-refractivity contribution is -0.0958. The molecule has 0 saturated carbocycles. The topological polar surface area (TPSA) is 103 Å². The molecule has 0 aromatic rings. The van der Waals surface area contributed by atoms with Crippen molar-refractivity contribution in [1.82, 2.24) is 0 Å². The van der Waals surface area contributed by atoms with E-state index in [0.29, 0.717) is 0 Å². The zero-order chi connectivity index (χ0) is 10.7. The van der Waals surface area contributed by atoms with Crippen molar-refractivity contribution < 1.29 is 25.2 Å². The van der Waals surface area contributed by atoms with Crippen molar-refractivity contribution >= 4 is 23.6 Å². The second-order valence-corrected chi connectivity index (χ2v) is 3.21. The fourth-order valence-electron chi connectivity index (χ4n) is 1.04. The third-order valence-electron chi connectivity index (χ3n) is 1.82. The number of rotatable bonds is 3. The first-order valence-electron chi connectivity index (χ1n) is 3.96. The standard InChI is InChI=1S/C7H11NO5S/c9-2-4(11)5(12)6-3(10)1-8-7(14)13-6/h1,3-6,9-12H,2H2/t3-,4-,5-,6+/m1/s1. The predicted octanol–water partition coefficient (Wildman–Crippen LogP) is -2.18. The molecule has 4 atom stereocenters. The summed E-state index contributed by atoms with van der Waals surface area (Å²) < 4.78 is 4.85. The summed E-state index contributed by atoms with van der Waals surface area (Å²) in [6.07, 6.45) is -3.94. The van der Waals surface area contributed by atoms with Crippen LogP contribution in [0.25, 0.3) is 0 Å². The van der Waals surface area contributed by atoms with Crippen molar-refractivity contribution in [3.63, 3.8) is 0 Å². The van der Waals surface area contributed by atoms with Crippen LogP contribution in [0.15, 0.2) is 4.99 Å². The van der Waals surface area contributed by atoms with Gasteiger partial charge in [0, 0.05) is 6.21 Å². The Hall–Kier alpha value is -0.600. The van der Waals surface area contributed by atoms with Gasteiger partial charge < -0.3 is 25.2 Å². The SMILES string of the molecule is OC[C@@H](O)[C@@H](O)[C@H]1OC(=S)N=C[C@H]1O. The Morgan fingerprint density at radius 2 is 2.21 bits per heavy atom. The van der Waals surface area contributed by atoms with Gasteiger partial charge in [-0.15, -0.1) is 0 Å². The van der Waals surface area contributed by atoms with Gasteiger partial charge >= 0.3 is 0 Å². The molecule has 4 N–H and O–H groups in total. The molecule has 80 valence electrons. The molecule has 0 aromatic heterocycles. The van der Waals surface area contributed by atoms with Crippen LogP contribution >= 0.6 is 12.2 Å². The molecule has 1 aliphatic heterocycles. The lowest BCUT2D eigenvalue weighted by Gasteiger charge is -2.30. The summed E-state index contributed by atoms with van der Waals surface area (Å²) >= 11 is 4.59. The number of hydrogen-bond acceptors (Lipinski definition) is 6. The first-order chi connectivity index (χ1) is 6.56. The zero-order valence-electron chi connectivity index (χ0n) is 7.15. The fourth-order valence-corrected chi connectivity index (χ4v) is 1.21. The van der Waals surface area contributed by atoms with Gasteiger partial charge in [0.05, 0.1) is 6.61 Å². The molecule has 0 amide bonds. The average Bonchev–Trinajstić information content (AvgIpc) is 2.19. The fraction of sp³-hybridized carbons (Fsp3) is 0.714. The minimum absolute atomic E-state index is 0.121. The van der Waals surface area contributed by atoms with Crippen LogP contribution in [-0.4, -0.2) is 62.8 Å². The van der Waals surface area contributed by atoms with Crippen LogP contribution in [0, 0.1) is 0 Å². The van der Waals surface area contributed by atoms with E-state index >= 15 is 0 Å². The van der Waals surface area contributed by atoms with E-state index in [-0.39, 0.29) is 5.17 Å². The number of aliphatic imine (C=N–C) groups is 1. The van der Waals surface area contributed by atoms with Crippen LogP contribution < -0.4 is 0 Å². The Morgan fingerprint density at radius 3 is 2.79 bits per heavy atom. The Kier molecular flexibility index (Phi) is 3.90. The Bertz CT molecular complexity index is 246. The van der Waals surface area contributed by atoms with Crippen LogP contribution in [-0.2, 0) is 4.74 Å². The third-order valence-corrected chi connectivity index (χ3v) is 2.03. The number of hydrogen-bond donors (Lipinski definition) is 4. The maximum Gasteiger partial charge on any atom is 0.283 e. The molecule has 1 heterocycles. The molecule has 0 saturated heterocycles. The van der Waals surface area contributed by atoms with E-state index in [1.165, 1.54) is 0 Å². The molecular weight excluding hydrogens is 210 g/mol. The Morgan fingerprint density at radius 1 is 1.57 bits per heavy atom. The number of aliphatic hydroxyl groups is 4. The van der Waals surface area contributed by atoms with E-state index in [4.69, 9.17) is 14.9 Å². The van der Waals surface area contributed by atoms with Gasteiger partial charge in [0.1, 0.15) is 18.3 Å². The molecular formula is C7H11NO5S. The van der Waals surface area contributed by atoms with Crippen molar-refractivity contribution in [1.29, 1.82) is 0 Å². The van der Waals surface area contributed by atoms with Gasteiger partial charge in [-0.3, -0.25) is 0 Å². The monoisotopic (exact) mass is 221 g/mol. The maximum absolute atomic E-state index is 9.41. The first-order valence-corrected chi connectivity index (χ1v) is 4.37. The molecule has 1 aliphatic rings. The van der Waals surface area contributed by atoms with Gasteiger partial charge in [-0.05, 0) is 12.2 Å². The Balaban J connectivity index is 2.67. The number of aliphatic hydroxyl groups excluding tert-OH is 4. The van der Waals surface area contributed by atoms with E-state index in [1.807, 2.05) is 0 Å². The smallest absolute Gasteiger partial charge is 0.283 e. The van der Waals surface area contributed by atoms with Gasteiger partial charge in [0.15, 0.2) is 6.10 Å². The van der Waals surface area contributed by atoms with Crippen LogP contribution in [0.5, 0.6) is 0 Å². The molecule has 0 aromatic carbocycles. The molecule has 0 aliphatic carbocycles. The largest absolute Gasteiger partial charge is 0.460 e. The first kappa shape index (κ1) is 11.5. The van der Waals surface area contributed by atoms with Crippen LogP contribution in [0.3, 0.4) is 0 Å². The lowest BCUT2D eigenvalue weighted by atomic mass is 10.0. The van der Waals surface area contributed by atoms with Crippen molar-refractivity contribution in [2.24, 2.45) is 4.99 Å². The lowest BCUT2D eigenvalue weighted by Crippen LogP contribution is -2.50. The van der Waals surface area contributed by atoms with Crippen LogP contribution in [0.2, 0.25) is 0 Å². The van der Waals surface area contributed by atoms with E-state index < -0.39 is 31.0 Å². The molecule has 6 nitrogen and oxygen atoms in total. The van der Waals surface area contributed by atoms with Crippen molar-refractivity contribution in [2.75, 3.05) is 6.61 Å². The van der Waals surface area contributed by atoms with E-state index in [1.54, 1.807) is 0 Å². The van der Waals surface area contributed by atoms with Crippen LogP contribution in [0.1, 0.15) is 0 Å². The molecule has 0 spiro atoms. The molecule has 0 unspecified atom stereocenters. The van der Waals surface area contributed by atoms with Gasteiger partial charge in [0.25, 0.3) is 5.17 Å². The normalized spacial score (nSPS) is 31.0. The molecule has 0 bridgehead atoms. The number of thiocarbonyl (C=S) groups is 1. The highest BCUT2D eigenvalue weighted by molar-refractivity contribution is 7.80. The Labute approximate surface area is 85.5 Å². The highest BCUT2D eigenvalue weighted by Gasteiger charge is 2.35. The molecule has 0 radical (unpaired) electrons. The van der Waals surface area contributed by atoms with Gasteiger partial charge in [0.2, 0.25) is 0 Å². The van der Waals surface area contributed by atoms with Gasteiger partial charge in [-0.1, -0.05) is 0 Å². The van der Waals surface area contributed by atoms with Crippen molar-refractivity contribution in [3.05, 3.63) is 0 Å². The quantitative estimate of drug-likeness (QED) is 0.404. The summed E-state index contributed by atoms with van der Waals surface area (Å²) in [5.74, 6) is 0. The van der Waals surface area contributed by atoms with Crippen LogP contribution in [0.4, 0.5) is 0 Å². The van der Waals surface area contributed by atoms with Crippen molar-refractivity contribution in [3.8, 4) is 0 Å². The molecule has 7 heteroatoms. The predicted molar refractivity (Wildman–Crippen MR) is 51.1 cm³/mol. The third kappa shape index (κ3) is 2.46. The summed E-state index contributed by atoms with van der Waals surface area (Å²) in [6, 6.07) is 0. The summed E-state index contributed by atoms with van der Waals surface area (Å²) in [6.45, 7) is -0.627. The second kappa shape index (κ2) is 4.76. The minimum Gasteiger partial charge on any atom is -0.460 e. The molecule has 1 rings (SSSR count). The second-order valence-electron chi connectivity index (χ2n) is 2.86. The van der Waals surface area contributed by atoms with E-state index in [0.717, 1.165) is 6.21 Å². The summed E-state index contributed by atoms with van der Waals surface area (Å²) in [7, 11) is 0. The zero-order valence-corrected chi connectivity index (χ0v) is 7.96. The minimum atomic E-state index is -1.42. The molecule has 14 heavy (non-hydrogen) atoms. The van der Waals surface area contributed by atoms with Gasteiger partial charge in [-0.2, -0.15) is 0 Å². The van der Waals surface area contributed by atoms with Gasteiger partial charge in [-0.25, -0.2) is 4.99 Å². The van der Waals surface area contributed by atoms with E-state index in [9.17, 15) is 10.2 Å². The summed E-state index contributed by atoms with van der Waals surface area (Å²) in [5, 5.41) is 36.3. The summed E-state index contributed by atoms with van der Waals surface area (Å²) in [4.78, 5) is 3.51. The molecule has 0 fully saturated rings. The van der Waals surface area contributed by atoms with E-state index in [2.05, 4.69) is 17.2 Å². The number of nitrogens with zero attached hydrogens (tertiary/aromatic N) is 1. The highest BCUT2D eigenvalue weighted by atomic mass is 32.1.